The van der Waals surface area contributed by atoms with E-state index in [0.717, 1.165) is 11.5 Å². The van der Waals surface area contributed by atoms with Crippen molar-refractivity contribution in [2.45, 2.75) is 6.04 Å². The van der Waals surface area contributed by atoms with Crippen molar-refractivity contribution in [2.75, 3.05) is 7.05 Å². The normalized spacial score (nSPS) is 12.6. The van der Waals surface area contributed by atoms with Gasteiger partial charge < -0.3 is 5.32 Å². The van der Waals surface area contributed by atoms with E-state index in [-0.39, 0.29) is 6.04 Å². The van der Waals surface area contributed by atoms with E-state index in [1.54, 1.807) is 18.5 Å². The van der Waals surface area contributed by atoms with Crippen LogP contribution in [0.1, 0.15) is 17.6 Å². The first kappa shape index (κ1) is 9.23. The highest BCUT2D eigenvalue weighted by molar-refractivity contribution is 7.03. The van der Waals surface area contributed by atoms with Gasteiger partial charge in [0, 0.05) is 17.8 Å². The molecule has 0 saturated carbocycles. The van der Waals surface area contributed by atoms with Crippen LogP contribution in [0.2, 0.25) is 0 Å². The quantitative estimate of drug-likeness (QED) is 0.821. The Kier molecular flexibility index (Phi) is 2.81. The van der Waals surface area contributed by atoms with Crippen LogP contribution in [0.3, 0.4) is 0 Å². The van der Waals surface area contributed by atoms with E-state index in [1.165, 1.54) is 11.5 Å². The molecule has 0 spiro atoms. The van der Waals surface area contributed by atoms with Gasteiger partial charge in [0.2, 0.25) is 0 Å². The van der Waals surface area contributed by atoms with Crippen LogP contribution in [-0.4, -0.2) is 21.4 Å². The van der Waals surface area contributed by atoms with Crippen LogP contribution in [0.15, 0.2) is 29.9 Å². The van der Waals surface area contributed by atoms with Crippen LogP contribution < -0.4 is 5.32 Å². The van der Waals surface area contributed by atoms with Crippen LogP contribution in [0.25, 0.3) is 0 Å². The topological polar surface area (TPSA) is 50.7 Å². The van der Waals surface area contributed by atoms with Gasteiger partial charge in [-0.1, -0.05) is 0 Å². The summed E-state index contributed by atoms with van der Waals surface area (Å²) in [5.41, 5.74) is 0.962. The molecule has 2 rings (SSSR count). The Morgan fingerprint density at radius 1 is 1.36 bits per heavy atom. The van der Waals surface area contributed by atoms with E-state index < -0.39 is 0 Å². The van der Waals surface area contributed by atoms with Gasteiger partial charge in [-0.25, -0.2) is 9.97 Å². The Labute approximate surface area is 86.2 Å². The SMILES string of the molecule is CNC(c1ccsn1)c1ncccn1. The zero-order chi connectivity index (χ0) is 9.80. The van der Waals surface area contributed by atoms with Crippen LogP contribution in [-0.2, 0) is 0 Å². The number of hydrogen-bond donors (Lipinski definition) is 1. The molecule has 0 radical (unpaired) electrons. The van der Waals surface area contributed by atoms with Crippen molar-refractivity contribution in [1.82, 2.24) is 19.7 Å². The average Bonchev–Trinajstić information content (AvgIpc) is 2.74. The van der Waals surface area contributed by atoms with Gasteiger partial charge in [-0.3, -0.25) is 0 Å². The third kappa shape index (κ3) is 1.78. The highest BCUT2D eigenvalue weighted by Crippen LogP contribution is 2.16. The Balaban J connectivity index is 2.31. The molecule has 0 aromatic carbocycles. The molecule has 0 bridgehead atoms. The van der Waals surface area contributed by atoms with E-state index in [0.29, 0.717) is 0 Å². The summed E-state index contributed by atoms with van der Waals surface area (Å²) in [6.07, 6.45) is 3.47. The largest absolute Gasteiger partial charge is 0.305 e. The monoisotopic (exact) mass is 206 g/mol. The molecule has 0 saturated heterocycles. The molecule has 2 aromatic heterocycles. The van der Waals surface area contributed by atoms with E-state index in [2.05, 4.69) is 19.7 Å². The van der Waals surface area contributed by atoms with Gasteiger partial charge in [-0.2, -0.15) is 4.37 Å². The van der Waals surface area contributed by atoms with Crippen molar-refractivity contribution >= 4 is 11.5 Å². The maximum Gasteiger partial charge on any atom is 0.151 e. The predicted octanol–water partition coefficient (Wildman–Crippen LogP) is 1.24. The summed E-state index contributed by atoms with van der Waals surface area (Å²) >= 11 is 1.43. The van der Waals surface area contributed by atoms with Gasteiger partial charge in [-0.05, 0) is 30.7 Å². The fraction of sp³-hybridized carbons (Fsp3) is 0.222. The molecule has 0 aliphatic carbocycles. The smallest absolute Gasteiger partial charge is 0.151 e. The summed E-state index contributed by atoms with van der Waals surface area (Å²) in [6, 6.07) is 3.77. The minimum absolute atomic E-state index is 0.0116. The second-order valence-corrected chi connectivity index (χ2v) is 3.42. The predicted molar refractivity (Wildman–Crippen MR) is 55.0 cm³/mol. The molecule has 1 atom stereocenters. The molecule has 72 valence electrons. The van der Waals surface area contributed by atoms with E-state index in [1.807, 2.05) is 18.5 Å². The van der Waals surface area contributed by atoms with Gasteiger partial charge in [0.25, 0.3) is 0 Å². The van der Waals surface area contributed by atoms with Gasteiger partial charge in [0.05, 0.1) is 5.69 Å². The Morgan fingerprint density at radius 3 is 2.71 bits per heavy atom. The van der Waals surface area contributed by atoms with Crippen LogP contribution in [0.4, 0.5) is 0 Å². The lowest BCUT2D eigenvalue weighted by Crippen LogP contribution is -2.20. The number of aromatic nitrogens is 3. The molecular weight excluding hydrogens is 196 g/mol. The molecule has 14 heavy (non-hydrogen) atoms. The van der Waals surface area contributed by atoms with E-state index in [4.69, 9.17) is 0 Å². The highest BCUT2D eigenvalue weighted by Gasteiger charge is 2.15. The molecule has 0 amide bonds. The lowest BCUT2D eigenvalue weighted by molar-refractivity contribution is 0.635. The number of hydrogen-bond acceptors (Lipinski definition) is 5. The summed E-state index contributed by atoms with van der Waals surface area (Å²) in [6.45, 7) is 0. The first-order valence-electron chi connectivity index (χ1n) is 4.26. The average molecular weight is 206 g/mol. The first-order chi connectivity index (χ1) is 6.92. The highest BCUT2D eigenvalue weighted by atomic mass is 32.1. The Bertz CT molecular complexity index is 373. The van der Waals surface area contributed by atoms with Gasteiger partial charge >= 0.3 is 0 Å². The van der Waals surface area contributed by atoms with Crippen molar-refractivity contribution in [3.8, 4) is 0 Å². The lowest BCUT2D eigenvalue weighted by Gasteiger charge is -2.10. The maximum absolute atomic E-state index is 4.26. The summed E-state index contributed by atoms with van der Waals surface area (Å²) in [5, 5.41) is 5.09. The first-order valence-corrected chi connectivity index (χ1v) is 5.10. The summed E-state index contributed by atoms with van der Waals surface area (Å²) in [7, 11) is 1.88. The molecule has 0 aliphatic heterocycles. The zero-order valence-corrected chi connectivity index (χ0v) is 8.53. The molecule has 2 aromatic rings. The summed E-state index contributed by atoms with van der Waals surface area (Å²) in [5.74, 6) is 0.751. The molecule has 0 aliphatic rings. The molecule has 4 nitrogen and oxygen atoms in total. The van der Waals surface area contributed by atoms with Crippen molar-refractivity contribution in [1.29, 1.82) is 0 Å². The second-order valence-electron chi connectivity index (χ2n) is 2.75. The molecular formula is C9H10N4S. The van der Waals surface area contributed by atoms with Crippen molar-refractivity contribution in [3.63, 3.8) is 0 Å². The number of nitrogens with zero attached hydrogens (tertiary/aromatic N) is 3. The minimum atomic E-state index is -0.0116. The standard InChI is InChI=1S/C9H10N4S/c1-10-8(7-3-6-14-13-7)9-11-4-2-5-12-9/h2-6,8,10H,1H3. The summed E-state index contributed by atoms with van der Waals surface area (Å²) in [4.78, 5) is 8.39. The van der Waals surface area contributed by atoms with E-state index in [9.17, 15) is 0 Å². The maximum atomic E-state index is 4.26. The van der Waals surface area contributed by atoms with Gasteiger partial charge in [0.15, 0.2) is 5.82 Å². The fourth-order valence-electron chi connectivity index (χ4n) is 1.24. The number of nitrogens with one attached hydrogen (secondary N) is 1. The molecule has 0 fully saturated rings. The van der Waals surface area contributed by atoms with Gasteiger partial charge in [-0.15, -0.1) is 0 Å². The van der Waals surface area contributed by atoms with E-state index >= 15 is 0 Å². The lowest BCUT2D eigenvalue weighted by atomic mass is 10.2. The third-order valence-corrected chi connectivity index (χ3v) is 2.46. The Morgan fingerprint density at radius 2 is 2.14 bits per heavy atom. The van der Waals surface area contributed by atoms with Crippen LogP contribution in [0.5, 0.6) is 0 Å². The molecule has 1 unspecified atom stereocenters. The second kappa shape index (κ2) is 4.26. The van der Waals surface area contributed by atoms with Crippen molar-refractivity contribution in [3.05, 3.63) is 41.4 Å². The summed E-state index contributed by atoms with van der Waals surface area (Å²) < 4.78 is 4.26. The van der Waals surface area contributed by atoms with Crippen LogP contribution >= 0.6 is 11.5 Å². The Hall–Kier alpha value is -1.33. The molecule has 1 N–H and O–H groups in total. The van der Waals surface area contributed by atoms with Crippen molar-refractivity contribution < 1.29 is 0 Å². The van der Waals surface area contributed by atoms with Crippen molar-refractivity contribution in [2.24, 2.45) is 0 Å². The molecule has 2 heterocycles. The van der Waals surface area contributed by atoms with Crippen LogP contribution in [0, 0.1) is 0 Å². The zero-order valence-electron chi connectivity index (χ0n) is 7.71. The van der Waals surface area contributed by atoms with Gasteiger partial charge in [0.1, 0.15) is 6.04 Å². The number of rotatable bonds is 3. The third-order valence-electron chi connectivity index (χ3n) is 1.89. The molecule has 5 heteroatoms. The minimum Gasteiger partial charge on any atom is -0.305 e. The fourth-order valence-corrected chi connectivity index (χ4v) is 1.79.